The Bertz CT molecular complexity index is 455. The van der Waals surface area contributed by atoms with Crippen LogP contribution in [0.25, 0.3) is 5.57 Å². The molecule has 0 aliphatic carbocycles. The molecule has 1 aromatic carbocycles. The first kappa shape index (κ1) is 11.4. The molecule has 1 aromatic rings. The minimum atomic E-state index is -1.20. The number of aliphatic carboxylic acids is 1. The average Bonchev–Trinajstić information content (AvgIpc) is 2.16. The summed E-state index contributed by atoms with van der Waals surface area (Å²) in [6.45, 7) is 3.32. The summed E-state index contributed by atoms with van der Waals surface area (Å²) in [7, 11) is 0. The van der Waals surface area contributed by atoms with E-state index in [0.29, 0.717) is 4.47 Å². The fourth-order valence-corrected chi connectivity index (χ4v) is 1.36. The van der Waals surface area contributed by atoms with Crippen molar-refractivity contribution in [2.24, 2.45) is 0 Å². The van der Waals surface area contributed by atoms with E-state index in [1.54, 1.807) is 0 Å². The number of nitrogens with zero attached hydrogens (tertiary/aromatic N) is 1. The van der Waals surface area contributed by atoms with Crippen LogP contribution in [0.4, 0.5) is 5.69 Å². The summed E-state index contributed by atoms with van der Waals surface area (Å²) in [4.78, 5) is 20.6. The molecule has 0 saturated carbocycles. The molecular formula is C9H6BrNO4. The fourth-order valence-electron chi connectivity index (χ4n) is 0.964. The number of rotatable bonds is 3. The van der Waals surface area contributed by atoms with E-state index in [1.165, 1.54) is 18.2 Å². The van der Waals surface area contributed by atoms with Gasteiger partial charge < -0.3 is 5.11 Å². The van der Waals surface area contributed by atoms with E-state index in [0.717, 1.165) is 0 Å². The second kappa shape index (κ2) is 4.22. The molecule has 0 atom stereocenters. The van der Waals surface area contributed by atoms with Crippen LogP contribution >= 0.6 is 15.9 Å². The van der Waals surface area contributed by atoms with E-state index < -0.39 is 10.9 Å². The third-order valence-corrected chi connectivity index (χ3v) is 2.42. The maximum Gasteiger partial charge on any atom is 0.335 e. The van der Waals surface area contributed by atoms with Gasteiger partial charge in [0.25, 0.3) is 5.69 Å². The van der Waals surface area contributed by atoms with Crippen molar-refractivity contribution in [1.82, 2.24) is 0 Å². The molecule has 0 aliphatic rings. The van der Waals surface area contributed by atoms with Gasteiger partial charge in [-0.15, -0.1) is 0 Å². The summed E-state index contributed by atoms with van der Waals surface area (Å²) in [5.74, 6) is -1.20. The molecule has 0 heterocycles. The molecule has 78 valence electrons. The van der Waals surface area contributed by atoms with Crippen LogP contribution in [0.2, 0.25) is 0 Å². The molecule has 1 N–H and O–H groups in total. The highest BCUT2D eigenvalue weighted by molar-refractivity contribution is 9.10. The lowest BCUT2D eigenvalue weighted by Crippen LogP contribution is -1.99. The summed E-state index contributed by atoms with van der Waals surface area (Å²) in [6.07, 6.45) is 0. The monoisotopic (exact) mass is 271 g/mol. The lowest BCUT2D eigenvalue weighted by atomic mass is 10.1. The zero-order valence-corrected chi connectivity index (χ0v) is 9.02. The molecule has 15 heavy (non-hydrogen) atoms. The molecule has 0 radical (unpaired) electrons. The highest BCUT2D eigenvalue weighted by Crippen LogP contribution is 2.28. The lowest BCUT2D eigenvalue weighted by Gasteiger charge is -2.01. The van der Waals surface area contributed by atoms with Gasteiger partial charge in [-0.25, -0.2) is 4.79 Å². The van der Waals surface area contributed by atoms with Gasteiger partial charge in [0.2, 0.25) is 0 Å². The summed E-state index contributed by atoms with van der Waals surface area (Å²) in [5, 5.41) is 19.2. The van der Waals surface area contributed by atoms with Crippen LogP contribution in [0.5, 0.6) is 0 Å². The summed E-state index contributed by atoms with van der Waals surface area (Å²) >= 11 is 3.00. The first-order valence-electron chi connectivity index (χ1n) is 3.80. The second-order valence-corrected chi connectivity index (χ2v) is 3.56. The number of carboxylic acid groups (broad SMARTS) is 1. The maximum absolute atomic E-state index is 10.6. The van der Waals surface area contributed by atoms with Crippen molar-refractivity contribution in [2.45, 2.75) is 0 Å². The minimum absolute atomic E-state index is 0.175. The van der Waals surface area contributed by atoms with Gasteiger partial charge in [-0.2, -0.15) is 0 Å². The van der Waals surface area contributed by atoms with Gasteiger partial charge in [-0.1, -0.05) is 12.6 Å². The van der Waals surface area contributed by atoms with Crippen LogP contribution in [0.15, 0.2) is 29.3 Å². The number of benzene rings is 1. The lowest BCUT2D eigenvalue weighted by molar-refractivity contribution is -0.385. The number of nitro groups is 1. The molecule has 0 aliphatic heterocycles. The van der Waals surface area contributed by atoms with E-state index in [4.69, 9.17) is 5.11 Å². The van der Waals surface area contributed by atoms with Crippen LogP contribution in [-0.4, -0.2) is 16.0 Å². The zero-order valence-electron chi connectivity index (χ0n) is 7.44. The van der Waals surface area contributed by atoms with E-state index in [9.17, 15) is 14.9 Å². The largest absolute Gasteiger partial charge is 0.478 e. The number of carbonyl (C=O) groups is 1. The molecule has 1 rings (SSSR count). The van der Waals surface area contributed by atoms with Crippen molar-refractivity contribution in [3.05, 3.63) is 44.9 Å². The Balaban J connectivity index is 3.25. The minimum Gasteiger partial charge on any atom is -0.478 e. The van der Waals surface area contributed by atoms with Gasteiger partial charge in [-0.3, -0.25) is 10.1 Å². The first-order chi connectivity index (χ1) is 6.93. The van der Waals surface area contributed by atoms with Crippen LogP contribution in [-0.2, 0) is 4.79 Å². The van der Waals surface area contributed by atoms with Crippen LogP contribution in [0, 0.1) is 10.1 Å². The van der Waals surface area contributed by atoms with Crippen molar-refractivity contribution in [3.63, 3.8) is 0 Å². The molecular weight excluding hydrogens is 266 g/mol. The van der Waals surface area contributed by atoms with E-state index in [2.05, 4.69) is 22.5 Å². The molecule has 0 aromatic heterocycles. The standard InChI is InChI=1S/C9H6BrNO4/c1-5(9(12)13)6-2-3-7(10)8(4-6)11(14)15/h2-4H,1H2,(H,12,13). The summed E-state index contributed by atoms with van der Waals surface area (Å²) < 4.78 is 0.300. The Morgan fingerprint density at radius 1 is 1.53 bits per heavy atom. The normalized spacial score (nSPS) is 9.67. The first-order valence-corrected chi connectivity index (χ1v) is 4.59. The maximum atomic E-state index is 10.6. The van der Waals surface area contributed by atoms with Crippen molar-refractivity contribution in [3.8, 4) is 0 Å². The predicted octanol–water partition coefficient (Wildman–Crippen LogP) is 2.46. The number of hydrogen-bond acceptors (Lipinski definition) is 3. The number of nitro benzene ring substituents is 1. The third-order valence-electron chi connectivity index (χ3n) is 1.75. The van der Waals surface area contributed by atoms with Gasteiger partial charge in [0.1, 0.15) is 0 Å². The Morgan fingerprint density at radius 2 is 2.13 bits per heavy atom. The molecule has 5 nitrogen and oxygen atoms in total. The van der Waals surface area contributed by atoms with E-state index >= 15 is 0 Å². The molecule has 0 saturated heterocycles. The van der Waals surface area contributed by atoms with Crippen molar-refractivity contribution in [2.75, 3.05) is 0 Å². The SMILES string of the molecule is C=C(C(=O)O)c1ccc(Br)c([N+](=O)[O-])c1. The second-order valence-electron chi connectivity index (χ2n) is 2.71. The van der Waals surface area contributed by atoms with Crippen molar-refractivity contribution < 1.29 is 14.8 Å². The fraction of sp³-hybridized carbons (Fsp3) is 0. The highest BCUT2D eigenvalue weighted by Gasteiger charge is 2.15. The Kier molecular flexibility index (Phi) is 3.21. The third kappa shape index (κ3) is 2.41. The van der Waals surface area contributed by atoms with Gasteiger partial charge in [0, 0.05) is 6.07 Å². The summed E-state index contributed by atoms with van der Waals surface area (Å²) in [5.41, 5.74) is -0.141. The number of hydrogen-bond donors (Lipinski definition) is 1. The molecule has 0 spiro atoms. The predicted molar refractivity (Wildman–Crippen MR) is 57.5 cm³/mol. The Morgan fingerprint density at radius 3 is 2.60 bits per heavy atom. The smallest absolute Gasteiger partial charge is 0.335 e. The van der Waals surface area contributed by atoms with Crippen LogP contribution in [0.3, 0.4) is 0 Å². The van der Waals surface area contributed by atoms with Gasteiger partial charge in [-0.05, 0) is 27.6 Å². The van der Waals surface area contributed by atoms with E-state index in [1.807, 2.05) is 0 Å². The van der Waals surface area contributed by atoms with E-state index in [-0.39, 0.29) is 16.8 Å². The number of halogens is 1. The average molecular weight is 272 g/mol. The van der Waals surface area contributed by atoms with Crippen molar-refractivity contribution in [1.29, 1.82) is 0 Å². The molecule has 0 fully saturated rings. The zero-order chi connectivity index (χ0) is 11.6. The van der Waals surface area contributed by atoms with Gasteiger partial charge in [0.05, 0.1) is 15.0 Å². The summed E-state index contributed by atoms with van der Waals surface area (Å²) in [6, 6.07) is 4.04. The Hall–Kier alpha value is -1.69. The van der Waals surface area contributed by atoms with Gasteiger partial charge >= 0.3 is 5.97 Å². The van der Waals surface area contributed by atoms with Crippen LogP contribution < -0.4 is 0 Å². The molecule has 0 amide bonds. The van der Waals surface area contributed by atoms with Crippen molar-refractivity contribution >= 4 is 33.2 Å². The molecule has 0 bridgehead atoms. The van der Waals surface area contributed by atoms with Gasteiger partial charge in [0.15, 0.2) is 0 Å². The Labute approximate surface area is 93.3 Å². The molecule has 0 unspecified atom stereocenters. The highest BCUT2D eigenvalue weighted by atomic mass is 79.9. The quantitative estimate of drug-likeness (QED) is 0.520. The molecule has 6 heteroatoms. The number of carboxylic acids is 1. The van der Waals surface area contributed by atoms with Crippen LogP contribution in [0.1, 0.15) is 5.56 Å². The topological polar surface area (TPSA) is 80.4 Å².